The maximum absolute atomic E-state index is 10.9. The molecule has 0 bridgehead atoms. The molecule has 2 N–H and O–H groups in total. The number of hydrogen-bond donors (Lipinski definition) is 1. The molecular formula is C68H129NO29S+. The second kappa shape index (κ2) is 81.5. The molecule has 1 radical (unpaired) electrons. The van der Waals surface area contributed by atoms with E-state index in [1.165, 1.54) is 50.5 Å². The van der Waals surface area contributed by atoms with E-state index >= 15 is 0 Å². The van der Waals surface area contributed by atoms with Crippen molar-refractivity contribution in [1.82, 2.24) is 0 Å². The van der Waals surface area contributed by atoms with E-state index in [4.69, 9.17) is 118 Å². The Morgan fingerprint density at radius 1 is 0.303 bits per heavy atom. The molecule has 0 aromatic heterocycles. The average Bonchev–Trinajstić information content (AvgIpc) is 0.978. The molecule has 99 heavy (non-hydrogen) atoms. The number of hydrogen-bond acceptors (Lipinski definition) is 29. The van der Waals surface area contributed by atoms with Crippen molar-refractivity contribution in [2.45, 2.75) is 65.2 Å². The SMILES string of the molecule is C/C=C/c1cc(CCCCCCCCC)ccc1OCCOCCOCCOCCOCCOCCOCCOCCOCCOCCOCCOCCOCCOCCOCCOCCOCCOCCOCCOCCOCCOCCOCCOCCOCCO[S+]([O])(=O)ON. The highest BCUT2D eigenvalue weighted by Crippen LogP contribution is 2.23. The van der Waals surface area contributed by atoms with Crippen LogP contribution in [0.5, 0.6) is 5.75 Å². The lowest BCUT2D eigenvalue weighted by Crippen LogP contribution is -2.22. The third-order valence-electron chi connectivity index (χ3n) is 13.1. The van der Waals surface area contributed by atoms with Crippen LogP contribution in [-0.2, 0) is 148 Å². The van der Waals surface area contributed by atoms with Gasteiger partial charge in [-0.2, -0.15) is 5.90 Å². The molecule has 0 saturated heterocycles. The topological polar surface area (TPSA) is 312 Å². The fourth-order valence-corrected chi connectivity index (χ4v) is 8.40. The number of benzene rings is 1. The van der Waals surface area contributed by atoms with E-state index in [-0.39, 0.29) is 19.8 Å². The lowest BCUT2D eigenvalue weighted by molar-refractivity contribution is -0.0320. The van der Waals surface area contributed by atoms with Gasteiger partial charge in [-0.1, -0.05) is 63.7 Å². The Balaban J connectivity index is 1.64. The number of allylic oxidation sites excluding steroid dienone is 1. The van der Waals surface area contributed by atoms with Crippen LogP contribution in [0.1, 0.15) is 69.9 Å². The predicted molar refractivity (Wildman–Crippen MR) is 368 cm³/mol. The highest BCUT2D eigenvalue weighted by molar-refractivity contribution is 7.88. The van der Waals surface area contributed by atoms with Crippen LogP contribution < -0.4 is 10.6 Å². The van der Waals surface area contributed by atoms with Gasteiger partial charge in [0.1, 0.15) is 23.5 Å². The van der Waals surface area contributed by atoms with Gasteiger partial charge in [-0.3, -0.25) is 0 Å². The normalized spacial score (nSPS) is 12.5. The lowest BCUT2D eigenvalue weighted by atomic mass is 10.0. The maximum Gasteiger partial charge on any atom is 0.564 e. The minimum atomic E-state index is -4.16. The van der Waals surface area contributed by atoms with Gasteiger partial charge in [-0.25, -0.2) is 0 Å². The van der Waals surface area contributed by atoms with E-state index in [2.05, 4.69) is 51.6 Å². The monoisotopic (exact) mass is 1460 g/mol. The molecule has 0 fully saturated rings. The Kier molecular flexibility index (Phi) is 78.0. The Bertz CT molecular complexity index is 1810. The summed E-state index contributed by atoms with van der Waals surface area (Å²) >= 11 is 0. The van der Waals surface area contributed by atoms with E-state index in [1.807, 2.05) is 6.92 Å². The third kappa shape index (κ3) is 75.3. The highest BCUT2D eigenvalue weighted by atomic mass is 32.3. The molecule has 1 aromatic carbocycles. The van der Waals surface area contributed by atoms with Crippen LogP contribution in [0.25, 0.3) is 6.08 Å². The molecule has 1 atom stereocenters. The van der Waals surface area contributed by atoms with Gasteiger partial charge in [0.25, 0.3) is 0 Å². The first-order chi connectivity index (χ1) is 49.0. The van der Waals surface area contributed by atoms with Crippen molar-refractivity contribution in [1.29, 1.82) is 0 Å². The Morgan fingerprint density at radius 3 is 0.737 bits per heavy atom. The molecular weight excluding hydrogens is 1330 g/mol. The van der Waals surface area contributed by atoms with Crippen molar-refractivity contribution in [3.8, 4) is 5.75 Å². The molecule has 30 nitrogen and oxygen atoms in total. The van der Waals surface area contributed by atoms with Crippen molar-refractivity contribution in [2.24, 2.45) is 5.90 Å². The molecule has 0 aliphatic rings. The molecule has 0 spiro atoms. The fraction of sp³-hybridized carbons (Fsp3) is 0.882. The molecule has 1 aromatic rings. The standard InChI is InChI=1S/C68H129NO29S/c1-3-5-6-7-8-9-10-12-66-13-14-68(67(65-66)11-4-2)96-63-61-94-59-57-92-55-53-90-51-49-88-47-45-86-43-41-84-39-37-82-35-33-80-31-29-78-27-25-76-23-21-74-19-17-72-15-16-73-18-20-75-22-24-77-26-28-79-30-32-81-34-36-83-38-40-85-42-44-87-46-48-89-50-52-91-54-56-93-58-60-95-62-64-97-99(70,71)98-69/h4,11,13-14,65H,3,5-10,12,15-64,69H2,1-2H3/q+1/b11-4+. The first-order valence-electron chi connectivity index (χ1n) is 35.5. The van der Waals surface area contributed by atoms with E-state index in [0.29, 0.717) is 311 Å². The zero-order chi connectivity index (χ0) is 70.9. The fourth-order valence-electron chi connectivity index (χ4n) is 8.07. The molecule has 1 rings (SSSR count). The van der Waals surface area contributed by atoms with E-state index in [0.717, 1.165) is 17.7 Å². The zero-order valence-corrected chi connectivity index (χ0v) is 61.0. The Morgan fingerprint density at radius 2 is 0.515 bits per heavy atom. The molecule has 0 aliphatic carbocycles. The third-order valence-corrected chi connectivity index (χ3v) is 13.8. The number of rotatable bonds is 87. The van der Waals surface area contributed by atoms with Crippen molar-refractivity contribution < 1.29 is 136 Å². The molecule has 0 amide bonds. The largest absolute Gasteiger partial charge is 0.564 e. The van der Waals surface area contributed by atoms with Gasteiger partial charge in [0.15, 0.2) is 0 Å². The molecule has 1 unspecified atom stereocenters. The maximum atomic E-state index is 10.9. The van der Waals surface area contributed by atoms with E-state index in [1.54, 1.807) is 0 Å². The summed E-state index contributed by atoms with van der Waals surface area (Å²) in [6, 6.07) is 6.53. The van der Waals surface area contributed by atoms with Gasteiger partial charge in [0, 0.05) is 9.77 Å². The van der Waals surface area contributed by atoms with Crippen LogP contribution in [0.15, 0.2) is 24.3 Å². The average molecular weight is 1460 g/mol. The molecule has 0 heterocycles. The minimum Gasteiger partial charge on any atom is -0.491 e. The van der Waals surface area contributed by atoms with Crippen molar-refractivity contribution in [3.63, 3.8) is 0 Å². The number of ether oxygens (including phenoxy) is 25. The minimum absolute atomic E-state index is 0.0521. The zero-order valence-electron chi connectivity index (χ0n) is 60.2. The van der Waals surface area contributed by atoms with Crippen molar-refractivity contribution in [2.75, 3.05) is 330 Å². The molecule has 585 valence electrons. The summed E-state index contributed by atoms with van der Waals surface area (Å²) in [6.45, 7) is 26.5. The van der Waals surface area contributed by atoms with Crippen molar-refractivity contribution in [3.05, 3.63) is 35.4 Å². The summed E-state index contributed by atoms with van der Waals surface area (Å²) < 4.78 is 168. The Labute approximate surface area is 592 Å². The summed E-state index contributed by atoms with van der Waals surface area (Å²) in [6.07, 6.45) is 14.5. The van der Waals surface area contributed by atoms with Gasteiger partial charge >= 0.3 is 10.8 Å². The van der Waals surface area contributed by atoms with Crippen LogP contribution >= 0.6 is 0 Å². The molecule has 0 saturated carbocycles. The summed E-state index contributed by atoms with van der Waals surface area (Å²) in [5, 5.41) is 0. The van der Waals surface area contributed by atoms with Crippen LogP contribution in [-0.4, -0.2) is 330 Å². The summed E-state index contributed by atoms with van der Waals surface area (Å²) in [4.78, 5) is 0. The van der Waals surface area contributed by atoms with Gasteiger partial charge in [-0.15, -0.1) is 4.18 Å². The van der Waals surface area contributed by atoms with Gasteiger partial charge in [0.05, 0.1) is 317 Å². The number of nitrogens with two attached hydrogens (primary N) is 1. The number of unbranched alkanes of at least 4 members (excludes halogenated alkanes) is 6. The second-order valence-electron chi connectivity index (χ2n) is 21.1. The first kappa shape index (κ1) is 94.8. The van der Waals surface area contributed by atoms with Crippen LogP contribution in [0.3, 0.4) is 0 Å². The Hall–Kier alpha value is -2.21. The molecule has 0 aliphatic heterocycles. The summed E-state index contributed by atoms with van der Waals surface area (Å²) in [5.74, 6) is 5.43. The molecule has 31 heteroatoms. The van der Waals surface area contributed by atoms with Gasteiger partial charge < -0.3 is 118 Å². The lowest BCUT2D eigenvalue weighted by Gasteiger charge is -2.12. The van der Waals surface area contributed by atoms with E-state index in [9.17, 15) is 8.76 Å². The highest BCUT2D eigenvalue weighted by Gasteiger charge is 2.32. The number of aryl methyl sites for hydroxylation is 1. The summed E-state index contributed by atoms with van der Waals surface area (Å²) in [7, 11) is -4.16. The van der Waals surface area contributed by atoms with Gasteiger partial charge in [-0.05, 0) is 41.7 Å². The summed E-state index contributed by atoms with van der Waals surface area (Å²) in [5.41, 5.74) is 2.49. The predicted octanol–water partition coefficient (Wildman–Crippen LogP) is 5.37. The van der Waals surface area contributed by atoms with Crippen LogP contribution in [0.4, 0.5) is 0 Å². The van der Waals surface area contributed by atoms with Crippen LogP contribution in [0.2, 0.25) is 0 Å². The van der Waals surface area contributed by atoms with Gasteiger partial charge in [0.2, 0.25) is 0 Å². The van der Waals surface area contributed by atoms with E-state index < -0.39 is 10.8 Å². The van der Waals surface area contributed by atoms with Crippen LogP contribution in [0, 0.1) is 0 Å². The quantitative estimate of drug-likeness (QED) is 0.0486. The second-order valence-corrected chi connectivity index (χ2v) is 22.4. The first-order valence-corrected chi connectivity index (χ1v) is 36.9. The smallest absolute Gasteiger partial charge is 0.491 e. The van der Waals surface area contributed by atoms with Crippen molar-refractivity contribution >= 4 is 16.9 Å².